The summed E-state index contributed by atoms with van der Waals surface area (Å²) in [6, 6.07) is 9.05. The summed E-state index contributed by atoms with van der Waals surface area (Å²) < 4.78 is 0. The number of hydrogen-bond acceptors (Lipinski definition) is 1. The highest BCUT2D eigenvalue weighted by Crippen LogP contribution is 1.96. The van der Waals surface area contributed by atoms with Crippen molar-refractivity contribution >= 4 is 17.7 Å². The molecular formula is C7H7OS+. The molecule has 0 unspecified atom stereocenters. The highest BCUT2D eigenvalue weighted by atomic mass is 32.1. The van der Waals surface area contributed by atoms with Gasteiger partial charge < -0.3 is 0 Å². The second kappa shape index (κ2) is 2.69. The third-order valence-electron chi connectivity index (χ3n) is 1.04. The fourth-order valence-corrected chi connectivity index (χ4v) is 0.756. The molecule has 0 N–H and O–H groups in total. The highest BCUT2D eigenvalue weighted by molar-refractivity contribution is 7.77. The molecule has 0 saturated heterocycles. The summed E-state index contributed by atoms with van der Waals surface area (Å²) in [5.41, 5.74) is 0.689. The van der Waals surface area contributed by atoms with Crippen LogP contribution >= 0.6 is 0 Å². The molecule has 0 radical (unpaired) electrons. The molecule has 0 atom stereocenters. The maximum atomic E-state index is 10.6. The van der Waals surface area contributed by atoms with Gasteiger partial charge in [0.15, 0.2) is 0 Å². The lowest BCUT2D eigenvalue weighted by Gasteiger charge is -1.84. The van der Waals surface area contributed by atoms with Crippen LogP contribution in [0.4, 0.5) is 0 Å². The molecule has 46 valence electrons. The summed E-state index contributed by atoms with van der Waals surface area (Å²) in [6.45, 7) is 0. The minimum Gasteiger partial charge on any atom is -0.232 e. The van der Waals surface area contributed by atoms with E-state index in [2.05, 4.69) is 12.6 Å². The Labute approximate surface area is 59.1 Å². The van der Waals surface area contributed by atoms with Gasteiger partial charge in [0.05, 0.1) is 5.56 Å². The highest BCUT2D eigenvalue weighted by Gasteiger charge is 2.01. The van der Waals surface area contributed by atoms with Crippen molar-refractivity contribution < 1.29 is 4.79 Å². The molecular weight excluding hydrogens is 132 g/mol. The van der Waals surface area contributed by atoms with Crippen LogP contribution in [0.3, 0.4) is 0 Å². The second-order valence-corrected chi connectivity index (χ2v) is 2.15. The van der Waals surface area contributed by atoms with E-state index < -0.39 is 0 Å². The van der Waals surface area contributed by atoms with Crippen molar-refractivity contribution in [1.82, 2.24) is 0 Å². The fourth-order valence-electron chi connectivity index (χ4n) is 0.590. The minimum atomic E-state index is -0.0735. The first-order chi connectivity index (χ1) is 4.30. The molecule has 1 aromatic rings. The van der Waals surface area contributed by atoms with Crippen molar-refractivity contribution in [2.75, 3.05) is 0 Å². The molecule has 0 aliphatic heterocycles. The van der Waals surface area contributed by atoms with E-state index in [9.17, 15) is 4.79 Å². The molecule has 0 aromatic heterocycles. The number of carbonyl (C=O) groups is 1. The molecule has 0 amide bonds. The zero-order valence-corrected chi connectivity index (χ0v) is 5.79. The van der Waals surface area contributed by atoms with Crippen LogP contribution in [0.5, 0.6) is 0 Å². The van der Waals surface area contributed by atoms with Gasteiger partial charge >= 0.3 is 5.12 Å². The van der Waals surface area contributed by atoms with Gasteiger partial charge in [-0.05, 0) is 12.1 Å². The maximum absolute atomic E-state index is 10.6. The van der Waals surface area contributed by atoms with Crippen LogP contribution in [0, 0.1) is 0 Å². The first-order valence-electron chi connectivity index (χ1n) is 2.61. The Hall–Kier alpha value is -0.760. The molecule has 0 bridgehead atoms. The number of carbonyl (C=O) groups excluding carboxylic acids is 1. The predicted octanol–water partition coefficient (Wildman–Crippen LogP) is 0.838. The first-order valence-corrected chi connectivity index (χ1v) is 3.11. The fraction of sp³-hybridized carbons (Fsp3) is 0. The summed E-state index contributed by atoms with van der Waals surface area (Å²) in [5, 5.41) is -0.0735. The van der Waals surface area contributed by atoms with Crippen LogP contribution in [0.1, 0.15) is 10.4 Å². The normalized spacial score (nSPS) is 9.00. The van der Waals surface area contributed by atoms with Gasteiger partial charge in [-0.15, -0.1) is 0 Å². The summed E-state index contributed by atoms with van der Waals surface area (Å²) in [7, 11) is 0. The quantitative estimate of drug-likeness (QED) is 0.527. The van der Waals surface area contributed by atoms with Gasteiger partial charge in [-0.1, -0.05) is 18.2 Å². The first kappa shape index (κ1) is 6.36. The van der Waals surface area contributed by atoms with Gasteiger partial charge in [-0.3, -0.25) is 0 Å². The van der Waals surface area contributed by atoms with E-state index in [4.69, 9.17) is 0 Å². The molecule has 0 spiro atoms. The summed E-state index contributed by atoms with van der Waals surface area (Å²) in [6.07, 6.45) is 0. The van der Waals surface area contributed by atoms with Crippen molar-refractivity contribution in [2.24, 2.45) is 0 Å². The van der Waals surface area contributed by atoms with Crippen LogP contribution in [0.2, 0.25) is 0 Å². The Kier molecular flexibility index (Phi) is 1.90. The van der Waals surface area contributed by atoms with Crippen molar-refractivity contribution in [3.05, 3.63) is 35.9 Å². The van der Waals surface area contributed by atoms with E-state index in [1.54, 1.807) is 12.1 Å². The van der Waals surface area contributed by atoms with Gasteiger partial charge in [0, 0.05) is 12.6 Å². The van der Waals surface area contributed by atoms with Gasteiger partial charge in [-0.25, -0.2) is 4.79 Å². The topological polar surface area (TPSA) is 17.1 Å². The zero-order valence-electron chi connectivity index (χ0n) is 4.79. The van der Waals surface area contributed by atoms with Crippen LogP contribution in [0.15, 0.2) is 30.3 Å². The summed E-state index contributed by atoms with van der Waals surface area (Å²) in [4.78, 5) is 10.6. The van der Waals surface area contributed by atoms with Crippen LogP contribution in [0.25, 0.3) is 0 Å². The molecule has 0 heterocycles. The van der Waals surface area contributed by atoms with Crippen LogP contribution < -0.4 is 0 Å². The SMILES string of the molecule is O=C([SH2+])c1ccccc1. The molecule has 9 heavy (non-hydrogen) atoms. The van der Waals surface area contributed by atoms with E-state index in [1.807, 2.05) is 18.2 Å². The molecule has 0 aliphatic rings. The van der Waals surface area contributed by atoms with Crippen molar-refractivity contribution in [3.8, 4) is 0 Å². The molecule has 1 aromatic carbocycles. The lowest BCUT2D eigenvalue weighted by atomic mass is 10.2. The van der Waals surface area contributed by atoms with Gasteiger partial charge in [-0.2, -0.15) is 0 Å². The monoisotopic (exact) mass is 139 g/mol. The van der Waals surface area contributed by atoms with E-state index in [1.165, 1.54) is 0 Å². The Bertz CT molecular complexity index is 205. The van der Waals surface area contributed by atoms with Crippen LogP contribution in [-0.4, -0.2) is 5.12 Å². The largest absolute Gasteiger partial charge is 0.357 e. The third kappa shape index (κ3) is 1.57. The number of rotatable bonds is 1. The van der Waals surface area contributed by atoms with E-state index >= 15 is 0 Å². The van der Waals surface area contributed by atoms with Gasteiger partial charge in [0.25, 0.3) is 0 Å². The minimum absolute atomic E-state index is 0.0735. The molecule has 0 saturated carbocycles. The van der Waals surface area contributed by atoms with E-state index in [0.29, 0.717) is 5.56 Å². The standard InChI is InChI=1S/C7H6OS/c8-7(9)6-4-2-1-3-5-6/h1-5H,(H,8,9)/p+1. The Balaban J connectivity index is 2.98. The average molecular weight is 139 g/mol. The molecule has 0 fully saturated rings. The lowest BCUT2D eigenvalue weighted by Crippen LogP contribution is -1.90. The summed E-state index contributed by atoms with van der Waals surface area (Å²) in [5.74, 6) is 0. The average Bonchev–Trinajstić information content (AvgIpc) is 1.90. The Morgan fingerprint density at radius 1 is 1.22 bits per heavy atom. The smallest absolute Gasteiger partial charge is 0.232 e. The number of benzene rings is 1. The van der Waals surface area contributed by atoms with Gasteiger partial charge in [0.1, 0.15) is 0 Å². The zero-order chi connectivity index (χ0) is 6.69. The molecule has 0 aliphatic carbocycles. The molecule has 2 heteroatoms. The predicted molar refractivity (Wildman–Crippen MR) is 40.9 cm³/mol. The Morgan fingerprint density at radius 3 is 2.11 bits per heavy atom. The molecule has 1 rings (SSSR count). The second-order valence-electron chi connectivity index (χ2n) is 1.70. The molecule has 1 nitrogen and oxygen atoms in total. The Morgan fingerprint density at radius 2 is 1.78 bits per heavy atom. The van der Waals surface area contributed by atoms with Crippen molar-refractivity contribution in [2.45, 2.75) is 0 Å². The van der Waals surface area contributed by atoms with Crippen LogP contribution in [-0.2, 0) is 12.6 Å². The maximum Gasteiger partial charge on any atom is 0.357 e. The van der Waals surface area contributed by atoms with E-state index in [-0.39, 0.29) is 5.12 Å². The van der Waals surface area contributed by atoms with E-state index in [0.717, 1.165) is 0 Å². The number of hydrogen-bond donors (Lipinski definition) is 0. The van der Waals surface area contributed by atoms with Crippen molar-refractivity contribution in [1.29, 1.82) is 0 Å². The van der Waals surface area contributed by atoms with Crippen molar-refractivity contribution in [3.63, 3.8) is 0 Å². The lowest BCUT2D eigenvalue weighted by molar-refractivity contribution is 0.109. The third-order valence-corrected chi connectivity index (χ3v) is 1.32. The summed E-state index contributed by atoms with van der Waals surface area (Å²) >= 11 is 2.89. The van der Waals surface area contributed by atoms with Gasteiger partial charge in [0.2, 0.25) is 0 Å².